The molecule has 1 atom stereocenters. The zero-order valence-electron chi connectivity index (χ0n) is 13.4. The van der Waals surface area contributed by atoms with E-state index in [1.807, 2.05) is 38.3 Å². The van der Waals surface area contributed by atoms with Gasteiger partial charge in [0.25, 0.3) is 0 Å². The Morgan fingerprint density at radius 1 is 0.957 bits per heavy atom. The maximum atomic E-state index is 11.5. The number of nitrogens with zero attached hydrogens (tertiary/aromatic N) is 3. The zero-order chi connectivity index (χ0) is 16.5. The first-order chi connectivity index (χ1) is 10.9. The molecular formula is C18H19N3OS. The first kappa shape index (κ1) is 15.8. The molecule has 0 aromatic carbocycles. The Morgan fingerprint density at radius 2 is 1.70 bits per heavy atom. The van der Waals surface area contributed by atoms with E-state index in [1.165, 1.54) is 6.33 Å². The van der Waals surface area contributed by atoms with E-state index in [2.05, 4.69) is 26.4 Å². The molecule has 3 heterocycles. The lowest BCUT2D eigenvalue weighted by molar-refractivity contribution is -0.0301. The van der Waals surface area contributed by atoms with Gasteiger partial charge in [-0.25, -0.2) is 9.97 Å². The number of aliphatic hydroxyl groups is 1. The van der Waals surface area contributed by atoms with Gasteiger partial charge in [-0.2, -0.15) is 11.3 Å². The number of hydrogen-bond donors (Lipinski definition) is 1. The SMILES string of the molecule is CC(C)(C)C(O)(c1cncnc1)c1ccc(-c2ccsc2)cn1. The van der Waals surface area contributed by atoms with Gasteiger partial charge in [0.2, 0.25) is 0 Å². The van der Waals surface area contributed by atoms with Gasteiger partial charge in [0, 0.05) is 35.1 Å². The average Bonchev–Trinajstić information content (AvgIpc) is 3.08. The number of pyridine rings is 1. The van der Waals surface area contributed by atoms with Crippen LogP contribution < -0.4 is 0 Å². The number of thiophene rings is 1. The van der Waals surface area contributed by atoms with E-state index in [4.69, 9.17) is 0 Å². The Kier molecular flexibility index (Phi) is 4.00. The summed E-state index contributed by atoms with van der Waals surface area (Å²) in [5.41, 5.74) is 1.68. The predicted octanol–water partition coefficient (Wildman–Crippen LogP) is 3.88. The molecule has 3 aromatic heterocycles. The lowest BCUT2D eigenvalue weighted by Crippen LogP contribution is -2.42. The third-order valence-electron chi connectivity index (χ3n) is 4.05. The van der Waals surface area contributed by atoms with Crippen molar-refractivity contribution in [1.29, 1.82) is 0 Å². The molecule has 3 aromatic rings. The maximum Gasteiger partial charge on any atom is 0.139 e. The normalized spacial score (nSPS) is 14.4. The highest BCUT2D eigenvalue weighted by Gasteiger charge is 2.45. The van der Waals surface area contributed by atoms with Crippen molar-refractivity contribution >= 4 is 11.3 Å². The number of rotatable bonds is 3. The van der Waals surface area contributed by atoms with Crippen molar-refractivity contribution in [3.8, 4) is 11.1 Å². The second kappa shape index (κ2) is 5.83. The smallest absolute Gasteiger partial charge is 0.139 e. The second-order valence-corrected chi connectivity index (χ2v) is 7.31. The first-order valence-electron chi connectivity index (χ1n) is 7.40. The fourth-order valence-electron chi connectivity index (χ4n) is 2.66. The number of aromatic nitrogens is 3. The molecular weight excluding hydrogens is 306 g/mol. The van der Waals surface area contributed by atoms with E-state index in [9.17, 15) is 5.11 Å². The summed E-state index contributed by atoms with van der Waals surface area (Å²) in [6.07, 6.45) is 6.55. The van der Waals surface area contributed by atoms with E-state index in [0.29, 0.717) is 11.3 Å². The average molecular weight is 325 g/mol. The molecule has 23 heavy (non-hydrogen) atoms. The van der Waals surface area contributed by atoms with Crippen molar-refractivity contribution < 1.29 is 5.11 Å². The van der Waals surface area contributed by atoms with Crippen molar-refractivity contribution in [3.63, 3.8) is 0 Å². The molecule has 0 bridgehead atoms. The van der Waals surface area contributed by atoms with Gasteiger partial charge in [-0.15, -0.1) is 0 Å². The fraction of sp³-hybridized carbons (Fsp3) is 0.278. The van der Waals surface area contributed by atoms with Gasteiger partial charge in [0.1, 0.15) is 11.9 Å². The van der Waals surface area contributed by atoms with Crippen LogP contribution in [0.4, 0.5) is 0 Å². The Hall–Kier alpha value is -2.11. The maximum absolute atomic E-state index is 11.5. The molecule has 4 nitrogen and oxygen atoms in total. The molecule has 0 saturated carbocycles. The molecule has 3 rings (SSSR count). The van der Waals surface area contributed by atoms with Crippen LogP contribution in [0, 0.1) is 5.41 Å². The van der Waals surface area contributed by atoms with Crippen LogP contribution in [0.1, 0.15) is 32.0 Å². The highest BCUT2D eigenvalue weighted by Crippen LogP contribution is 2.43. The Bertz CT molecular complexity index is 764. The minimum atomic E-state index is -1.26. The molecule has 0 aliphatic heterocycles. The Labute approximate surface area is 139 Å². The standard InChI is InChI=1S/C18H19N3OS/c1-17(2,3)18(22,15-9-19-12-20-10-15)16-5-4-13(8-21-16)14-6-7-23-11-14/h4-12,22H,1-3H3. The van der Waals surface area contributed by atoms with Crippen LogP contribution in [0.15, 0.2) is 53.9 Å². The molecule has 0 fully saturated rings. The summed E-state index contributed by atoms with van der Waals surface area (Å²) in [7, 11) is 0. The summed E-state index contributed by atoms with van der Waals surface area (Å²) in [5.74, 6) is 0. The zero-order valence-corrected chi connectivity index (χ0v) is 14.2. The van der Waals surface area contributed by atoms with Crippen LogP contribution in [0.2, 0.25) is 0 Å². The summed E-state index contributed by atoms with van der Waals surface area (Å²) in [6.45, 7) is 5.94. The largest absolute Gasteiger partial charge is 0.378 e. The molecule has 0 saturated heterocycles. The molecule has 0 amide bonds. The van der Waals surface area contributed by atoms with E-state index in [0.717, 1.165) is 11.1 Å². The molecule has 1 N–H and O–H groups in total. The Morgan fingerprint density at radius 3 is 2.22 bits per heavy atom. The second-order valence-electron chi connectivity index (χ2n) is 6.53. The molecule has 1 unspecified atom stereocenters. The van der Waals surface area contributed by atoms with Crippen LogP contribution >= 0.6 is 11.3 Å². The monoisotopic (exact) mass is 325 g/mol. The van der Waals surface area contributed by atoms with Crippen LogP contribution in [0.25, 0.3) is 11.1 Å². The van der Waals surface area contributed by atoms with Gasteiger partial charge in [-0.05, 0) is 28.5 Å². The van der Waals surface area contributed by atoms with E-state index in [-0.39, 0.29) is 0 Å². The molecule has 0 radical (unpaired) electrons. The highest BCUT2D eigenvalue weighted by atomic mass is 32.1. The van der Waals surface area contributed by atoms with Gasteiger partial charge in [-0.3, -0.25) is 4.98 Å². The molecule has 5 heteroatoms. The van der Waals surface area contributed by atoms with Crippen molar-refractivity contribution in [3.05, 3.63) is 65.1 Å². The molecule has 118 valence electrons. The molecule has 0 aliphatic rings. The number of hydrogen-bond acceptors (Lipinski definition) is 5. The Balaban J connectivity index is 2.08. The quantitative estimate of drug-likeness (QED) is 0.794. The van der Waals surface area contributed by atoms with Crippen molar-refractivity contribution in [1.82, 2.24) is 15.0 Å². The summed E-state index contributed by atoms with van der Waals surface area (Å²) in [6, 6.07) is 5.93. The van der Waals surface area contributed by atoms with Gasteiger partial charge < -0.3 is 5.11 Å². The van der Waals surface area contributed by atoms with E-state index >= 15 is 0 Å². The van der Waals surface area contributed by atoms with Gasteiger partial charge >= 0.3 is 0 Å². The molecule has 0 aliphatic carbocycles. The van der Waals surface area contributed by atoms with Crippen molar-refractivity contribution in [2.45, 2.75) is 26.4 Å². The van der Waals surface area contributed by atoms with Crippen LogP contribution in [-0.4, -0.2) is 20.1 Å². The first-order valence-corrected chi connectivity index (χ1v) is 8.34. The topological polar surface area (TPSA) is 58.9 Å². The van der Waals surface area contributed by atoms with E-state index in [1.54, 1.807) is 29.9 Å². The van der Waals surface area contributed by atoms with E-state index < -0.39 is 11.0 Å². The summed E-state index contributed by atoms with van der Waals surface area (Å²) >= 11 is 1.65. The lowest BCUT2D eigenvalue weighted by Gasteiger charge is -2.39. The highest BCUT2D eigenvalue weighted by molar-refractivity contribution is 7.08. The van der Waals surface area contributed by atoms with Gasteiger partial charge in [0.05, 0.1) is 5.69 Å². The van der Waals surface area contributed by atoms with Crippen molar-refractivity contribution in [2.75, 3.05) is 0 Å². The van der Waals surface area contributed by atoms with Gasteiger partial charge in [-0.1, -0.05) is 26.8 Å². The summed E-state index contributed by atoms with van der Waals surface area (Å²) in [5, 5.41) is 15.6. The van der Waals surface area contributed by atoms with Crippen LogP contribution in [0.3, 0.4) is 0 Å². The minimum absolute atomic E-state index is 0.464. The summed E-state index contributed by atoms with van der Waals surface area (Å²) in [4.78, 5) is 12.6. The van der Waals surface area contributed by atoms with Crippen LogP contribution in [0.5, 0.6) is 0 Å². The molecule has 0 spiro atoms. The fourth-order valence-corrected chi connectivity index (χ4v) is 3.32. The summed E-state index contributed by atoms with van der Waals surface area (Å²) < 4.78 is 0. The minimum Gasteiger partial charge on any atom is -0.378 e. The van der Waals surface area contributed by atoms with Crippen molar-refractivity contribution in [2.24, 2.45) is 5.41 Å². The van der Waals surface area contributed by atoms with Crippen LogP contribution in [-0.2, 0) is 5.60 Å². The lowest BCUT2D eigenvalue weighted by atomic mass is 9.71. The third kappa shape index (κ3) is 2.78. The third-order valence-corrected chi connectivity index (χ3v) is 4.74. The van der Waals surface area contributed by atoms with Gasteiger partial charge in [0.15, 0.2) is 0 Å². The predicted molar refractivity (Wildman–Crippen MR) is 92.0 cm³/mol.